The normalized spacial score (nSPS) is 19.1. The Hall–Kier alpha value is -1.51. The van der Waals surface area contributed by atoms with Crippen molar-refractivity contribution in [3.05, 3.63) is 23.9 Å². The molecule has 0 N–H and O–H groups in total. The minimum absolute atomic E-state index is 0.0837. The van der Waals surface area contributed by atoms with Gasteiger partial charge >= 0.3 is 12.4 Å². The number of alkyl halides is 6. The third-order valence-corrected chi connectivity index (χ3v) is 3.53. The van der Waals surface area contributed by atoms with Gasteiger partial charge in [-0.3, -0.25) is 4.90 Å². The van der Waals surface area contributed by atoms with Gasteiger partial charge in [-0.1, -0.05) is 0 Å². The van der Waals surface area contributed by atoms with E-state index in [1.165, 1.54) is 0 Å². The maximum Gasteiger partial charge on any atom is 0.430 e. The highest BCUT2D eigenvalue weighted by atomic mass is 19.4. The molecule has 0 amide bonds. The van der Waals surface area contributed by atoms with E-state index in [1.54, 1.807) is 18.7 Å². The smallest absolute Gasteiger partial charge is 0.430 e. The molecule has 0 atom stereocenters. The topological polar surface area (TPSA) is 25.4 Å². The van der Waals surface area contributed by atoms with Crippen molar-refractivity contribution in [3.8, 4) is 5.88 Å². The predicted octanol–water partition coefficient (Wildman–Crippen LogP) is 3.50. The first-order valence-corrected chi connectivity index (χ1v) is 6.48. The Morgan fingerprint density at radius 2 is 1.73 bits per heavy atom. The van der Waals surface area contributed by atoms with E-state index in [0.29, 0.717) is 12.3 Å². The number of pyridine rings is 1. The van der Waals surface area contributed by atoms with Gasteiger partial charge in [0, 0.05) is 31.4 Å². The van der Waals surface area contributed by atoms with Gasteiger partial charge in [0.05, 0.1) is 5.56 Å². The number of nitrogens with zero attached hydrogens (tertiary/aromatic N) is 2. The van der Waals surface area contributed by atoms with Crippen LogP contribution in [0, 0.1) is 0 Å². The van der Waals surface area contributed by atoms with Crippen LogP contribution in [0.5, 0.6) is 5.88 Å². The van der Waals surface area contributed by atoms with Crippen LogP contribution in [0.25, 0.3) is 0 Å². The second-order valence-corrected chi connectivity index (χ2v) is 5.48. The number of ether oxygens (including phenoxy) is 1. The van der Waals surface area contributed by atoms with E-state index in [1.807, 2.05) is 0 Å². The summed E-state index contributed by atoms with van der Waals surface area (Å²) in [6, 6.07) is 1.36. The fraction of sp³-hybridized carbons (Fsp3) is 0.615. The van der Waals surface area contributed by atoms with E-state index >= 15 is 0 Å². The summed E-state index contributed by atoms with van der Waals surface area (Å²) in [6.45, 7) is 2.74. The molecular weight excluding hydrogens is 314 g/mol. The van der Waals surface area contributed by atoms with E-state index in [-0.39, 0.29) is 19.1 Å². The van der Waals surface area contributed by atoms with E-state index in [2.05, 4.69) is 4.98 Å². The van der Waals surface area contributed by atoms with E-state index < -0.39 is 29.4 Å². The minimum atomic E-state index is -4.64. The first-order chi connectivity index (χ1) is 9.95. The van der Waals surface area contributed by atoms with E-state index in [9.17, 15) is 26.3 Å². The second-order valence-electron chi connectivity index (χ2n) is 5.48. The monoisotopic (exact) mass is 328 g/mol. The number of likely N-dealkylation sites (tertiary alicyclic amines) is 1. The lowest BCUT2D eigenvalue weighted by molar-refractivity contribution is -0.293. The van der Waals surface area contributed by atoms with Gasteiger partial charge in [0.1, 0.15) is 0 Å². The van der Waals surface area contributed by atoms with Crippen molar-refractivity contribution in [1.82, 2.24) is 9.88 Å². The molecule has 0 saturated carbocycles. The van der Waals surface area contributed by atoms with Crippen molar-refractivity contribution in [2.24, 2.45) is 0 Å². The molecule has 2 heterocycles. The Kier molecular flexibility index (Phi) is 4.05. The van der Waals surface area contributed by atoms with Crippen LogP contribution in [-0.4, -0.2) is 40.8 Å². The maximum absolute atomic E-state index is 13.2. The lowest BCUT2D eigenvalue weighted by Crippen LogP contribution is -2.73. The Balaban J connectivity index is 2.16. The molecule has 0 bridgehead atoms. The van der Waals surface area contributed by atoms with Crippen LogP contribution in [-0.2, 0) is 6.18 Å². The molecule has 0 spiro atoms. The molecule has 3 nitrogen and oxygen atoms in total. The van der Waals surface area contributed by atoms with Gasteiger partial charge in [-0.15, -0.1) is 0 Å². The van der Waals surface area contributed by atoms with Gasteiger partial charge in [-0.2, -0.15) is 26.3 Å². The summed E-state index contributed by atoms with van der Waals surface area (Å²) in [4.78, 5) is 4.89. The number of aromatic nitrogens is 1. The van der Waals surface area contributed by atoms with Crippen LogP contribution >= 0.6 is 0 Å². The van der Waals surface area contributed by atoms with Crippen molar-refractivity contribution < 1.29 is 31.1 Å². The van der Waals surface area contributed by atoms with Crippen LogP contribution in [0.15, 0.2) is 18.3 Å². The Labute approximate surface area is 122 Å². The lowest BCUT2D eigenvalue weighted by Gasteiger charge is -2.51. The Morgan fingerprint density at radius 1 is 1.14 bits per heavy atom. The van der Waals surface area contributed by atoms with Gasteiger partial charge < -0.3 is 4.74 Å². The molecule has 1 aliphatic rings. The Morgan fingerprint density at radius 3 is 2.09 bits per heavy atom. The van der Waals surface area contributed by atoms with Crippen molar-refractivity contribution >= 4 is 0 Å². The fourth-order valence-corrected chi connectivity index (χ4v) is 2.09. The van der Waals surface area contributed by atoms with Crippen molar-refractivity contribution in [2.75, 3.05) is 13.1 Å². The van der Waals surface area contributed by atoms with Gasteiger partial charge in [0.25, 0.3) is 0 Å². The summed E-state index contributed by atoms with van der Waals surface area (Å²) >= 11 is 0. The molecular formula is C13H14F6N2O. The summed E-state index contributed by atoms with van der Waals surface area (Å²) < 4.78 is 81.7. The Bertz CT molecular complexity index is 517. The van der Waals surface area contributed by atoms with E-state index in [0.717, 1.165) is 6.07 Å². The van der Waals surface area contributed by atoms with Gasteiger partial charge in [0.2, 0.25) is 11.5 Å². The molecule has 1 aromatic rings. The van der Waals surface area contributed by atoms with Crippen molar-refractivity contribution in [3.63, 3.8) is 0 Å². The molecule has 2 rings (SSSR count). The van der Waals surface area contributed by atoms with Crippen LogP contribution in [0.4, 0.5) is 26.3 Å². The molecule has 1 aliphatic heterocycles. The zero-order valence-electron chi connectivity index (χ0n) is 11.8. The molecule has 0 aliphatic carbocycles. The zero-order valence-corrected chi connectivity index (χ0v) is 11.8. The third kappa shape index (κ3) is 3.13. The van der Waals surface area contributed by atoms with Crippen LogP contribution < -0.4 is 4.74 Å². The van der Waals surface area contributed by atoms with Gasteiger partial charge in [0.15, 0.2) is 0 Å². The lowest BCUT2D eigenvalue weighted by atomic mass is 9.91. The number of hydrogen-bond acceptors (Lipinski definition) is 3. The highest BCUT2D eigenvalue weighted by molar-refractivity contribution is 5.22. The van der Waals surface area contributed by atoms with Crippen LogP contribution in [0.1, 0.15) is 19.4 Å². The second kappa shape index (κ2) is 5.29. The first-order valence-electron chi connectivity index (χ1n) is 6.48. The molecule has 1 aromatic heterocycles. The molecule has 124 valence electrons. The summed E-state index contributed by atoms with van der Waals surface area (Å²) in [7, 11) is 0. The third-order valence-electron chi connectivity index (χ3n) is 3.53. The summed E-state index contributed by atoms with van der Waals surface area (Å²) in [5.41, 5.74) is -3.47. The highest BCUT2D eigenvalue weighted by Crippen LogP contribution is 2.42. The summed E-state index contributed by atoms with van der Waals surface area (Å²) in [6.07, 6.45) is -8.78. The van der Waals surface area contributed by atoms with Crippen molar-refractivity contribution in [2.45, 2.75) is 37.8 Å². The van der Waals surface area contributed by atoms with E-state index in [4.69, 9.17) is 4.74 Å². The zero-order chi connectivity index (χ0) is 16.8. The largest absolute Gasteiger partial charge is 0.459 e. The summed E-state index contributed by atoms with van der Waals surface area (Å²) in [5.74, 6) is -0.478. The van der Waals surface area contributed by atoms with Crippen LogP contribution in [0.2, 0.25) is 0 Å². The predicted molar refractivity (Wildman–Crippen MR) is 65.4 cm³/mol. The van der Waals surface area contributed by atoms with Crippen LogP contribution in [0.3, 0.4) is 0 Å². The number of hydrogen-bond donors (Lipinski definition) is 0. The quantitative estimate of drug-likeness (QED) is 0.794. The number of halogens is 6. The molecule has 9 heteroatoms. The molecule has 0 unspecified atom stereocenters. The molecule has 22 heavy (non-hydrogen) atoms. The maximum atomic E-state index is 13.2. The molecule has 0 radical (unpaired) electrons. The van der Waals surface area contributed by atoms with Gasteiger partial charge in [-0.25, -0.2) is 4.98 Å². The standard InChI is InChI=1S/C13H14F6N2O/c1-8(2)21-6-11(7-21,13(17,18)19)22-10-4-3-9(5-20-10)12(14,15)16/h3-5,8H,6-7H2,1-2H3. The average molecular weight is 328 g/mol. The van der Waals surface area contributed by atoms with Gasteiger partial charge in [-0.05, 0) is 19.9 Å². The summed E-state index contributed by atoms with van der Waals surface area (Å²) in [5, 5.41) is 0. The minimum Gasteiger partial charge on any atom is -0.459 e. The first kappa shape index (κ1) is 16.9. The molecule has 1 saturated heterocycles. The molecule has 1 fully saturated rings. The molecule has 0 aromatic carbocycles. The average Bonchev–Trinajstić information content (AvgIpc) is 2.30. The highest BCUT2D eigenvalue weighted by Gasteiger charge is 2.65. The SMILES string of the molecule is CC(C)N1CC(Oc2ccc(C(F)(F)F)cn2)(C(F)(F)F)C1. The van der Waals surface area contributed by atoms with Crippen molar-refractivity contribution in [1.29, 1.82) is 0 Å². The number of rotatable bonds is 3. The fourth-order valence-electron chi connectivity index (χ4n) is 2.09.